The number of piperidine rings is 1. The van der Waals surface area contributed by atoms with Gasteiger partial charge in [-0.3, -0.25) is 9.69 Å². The van der Waals surface area contributed by atoms with Crippen LogP contribution < -0.4 is 0 Å². The smallest absolute Gasteiger partial charge is 0.257 e. The van der Waals surface area contributed by atoms with E-state index >= 15 is 0 Å². The number of likely N-dealkylation sites (tertiary alicyclic amines) is 1. The fourth-order valence-corrected chi connectivity index (χ4v) is 4.25. The Balaban J connectivity index is 1.69. The Kier molecular flexibility index (Phi) is 6.56. The van der Waals surface area contributed by atoms with Crippen molar-refractivity contribution >= 4 is 5.91 Å². The molecule has 2 fully saturated rings. The van der Waals surface area contributed by atoms with Crippen molar-refractivity contribution in [2.45, 2.75) is 32.2 Å². The molecule has 0 saturated carbocycles. The Morgan fingerprint density at radius 3 is 2.73 bits per heavy atom. The van der Waals surface area contributed by atoms with Crippen LogP contribution in [0.3, 0.4) is 0 Å². The van der Waals surface area contributed by atoms with E-state index in [4.69, 9.17) is 0 Å². The Bertz CT molecular complexity index is 603. The molecular formula is C19H31N5O2. The van der Waals surface area contributed by atoms with Gasteiger partial charge in [0.25, 0.3) is 5.91 Å². The number of piperazine rings is 1. The van der Waals surface area contributed by atoms with Crippen LogP contribution in [0, 0.1) is 12.8 Å². The highest BCUT2D eigenvalue weighted by Gasteiger charge is 2.36. The van der Waals surface area contributed by atoms with Gasteiger partial charge in [0.05, 0.1) is 11.3 Å². The highest BCUT2D eigenvalue weighted by atomic mass is 16.3. The maximum absolute atomic E-state index is 12.9. The zero-order valence-electron chi connectivity index (χ0n) is 16.0. The summed E-state index contributed by atoms with van der Waals surface area (Å²) in [4.78, 5) is 28.0. The van der Waals surface area contributed by atoms with Gasteiger partial charge in [-0.15, -0.1) is 0 Å². The normalized spacial score (nSPS) is 25.4. The third kappa shape index (κ3) is 4.39. The maximum Gasteiger partial charge on any atom is 0.257 e. The van der Waals surface area contributed by atoms with Gasteiger partial charge in [-0.2, -0.15) is 0 Å². The summed E-state index contributed by atoms with van der Waals surface area (Å²) in [6, 6.07) is 0.507. The van der Waals surface area contributed by atoms with Gasteiger partial charge < -0.3 is 14.9 Å². The van der Waals surface area contributed by atoms with Crippen molar-refractivity contribution in [2.75, 3.05) is 52.9 Å². The number of aryl methyl sites for hydroxylation is 1. The minimum Gasteiger partial charge on any atom is -0.396 e. The molecule has 1 aromatic heterocycles. The molecule has 0 unspecified atom stereocenters. The fraction of sp³-hybridized carbons (Fsp3) is 0.737. The van der Waals surface area contributed by atoms with Crippen LogP contribution in [0.25, 0.3) is 0 Å². The summed E-state index contributed by atoms with van der Waals surface area (Å²) in [5.74, 6) is 0.446. The van der Waals surface area contributed by atoms with Crippen LogP contribution in [0.4, 0.5) is 0 Å². The van der Waals surface area contributed by atoms with Crippen molar-refractivity contribution in [1.29, 1.82) is 0 Å². The van der Waals surface area contributed by atoms with Crippen LogP contribution in [-0.2, 0) is 0 Å². The van der Waals surface area contributed by atoms with Gasteiger partial charge in [-0.1, -0.05) is 0 Å². The molecule has 2 aliphatic heterocycles. The summed E-state index contributed by atoms with van der Waals surface area (Å²) in [7, 11) is 2.17. The topological polar surface area (TPSA) is 72.8 Å². The monoisotopic (exact) mass is 361 g/mol. The zero-order chi connectivity index (χ0) is 18.5. The molecule has 26 heavy (non-hydrogen) atoms. The number of carbonyl (C=O) groups excluding carboxylic acids is 1. The SMILES string of the molecule is Cc1ncncc1C(=O)N1CC[C@H](N2CCN(C)CC2)[C@H](CCCO)C1. The first kappa shape index (κ1) is 19.2. The lowest BCUT2D eigenvalue weighted by Crippen LogP contribution is -2.57. The highest BCUT2D eigenvalue weighted by Crippen LogP contribution is 2.28. The second-order valence-electron chi connectivity index (χ2n) is 7.59. The molecule has 1 aromatic rings. The lowest BCUT2D eigenvalue weighted by Gasteiger charge is -2.46. The summed E-state index contributed by atoms with van der Waals surface area (Å²) < 4.78 is 0. The molecule has 7 nitrogen and oxygen atoms in total. The van der Waals surface area contributed by atoms with Gasteiger partial charge in [0.15, 0.2) is 0 Å². The minimum atomic E-state index is 0.0360. The summed E-state index contributed by atoms with van der Waals surface area (Å²) in [6.45, 7) is 8.00. The molecule has 3 rings (SSSR count). The Morgan fingerprint density at radius 2 is 2.04 bits per heavy atom. The molecule has 0 radical (unpaired) electrons. The van der Waals surface area contributed by atoms with E-state index < -0.39 is 0 Å². The van der Waals surface area contributed by atoms with Crippen molar-refractivity contribution in [3.05, 3.63) is 23.8 Å². The van der Waals surface area contributed by atoms with E-state index in [9.17, 15) is 9.90 Å². The van der Waals surface area contributed by atoms with Crippen molar-refractivity contribution in [1.82, 2.24) is 24.7 Å². The average Bonchev–Trinajstić information content (AvgIpc) is 2.67. The van der Waals surface area contributed by atoms with Crippen molar-refractivity contribution in [3.63, 3.8) is 0 Å². The minimum absolute atomic E-state index is 0.0360. The van der Waals surface area contributed by atoms with Crippen LogP contribution in [-0.4, -0.2) is 94.6 Å². The first-order valence-electron chi connectivity index (χ1n) is 9.69. The Hall–Kier alpha value is -1.57. The summed E-state index contributed by atoms with van der Waals surface area (Å²) in [6.07, 6.45) is 5.86. The number of amides is 1. The van der Waals surface area contributed by atoms with E-state index in [-0.39, 0.29) is 12.5 Å². The third-order valence-corrected chi connectivity index (χ3v) is 5.86. The average molecular weight is 361 g/mol. The Morgan fingerprint density at radius 1 is 1.27 bits per heavy atom. The number of aliphatic hydroxyl groups is 1. The van der Waals surface area contributed by atoms with Gasteiger partial charge in [0.2, 0.25) is 0 Å². The van der Waals surface area contributed by atoms with E-state index in [0.29, 0.717) is 17.5 Å². The van der Waals surface area contributed by atoms with Crippen molar-refractivity contribution in [3.8, 4) is 0 Å². The summed E-state index contributed by atoms with van der Waals surface area (Å²) in [5, 5.41) is 9.30. The number of aliphatic hydroxyl groups excluding tert-OH is 1. The van der Waals surface area contributed by atoms with Gasteiger partial charge in [-0.25, -0.2) is 9.97 Å². The molecule has 144 valence electrons. The van der Waals surface area contributed by atoms with Gasteiger partial charge in [-0.05, 0) is 39.2 Å². The first-order chi connectivity index (χ1) is 12.6. The van der Waals surface area contributed by atoms with E-state index in [0.717, 1.165) is 64.2 Å². The molecule has 2 saturated heterocycles. The van der Waals surface area contributed by atoms with E-state index in [1.165, 1.54) is 6.33 Å². The molecule has 0 bridgehead atoms. The summed E-state index contributed by atoms with van der Waals surface area (Å²) in [5.41, 5.74) is 1.34. The molecular weight excluding hydrogens is 330 g/mol. The van der Waals surface area contributed by atoms with Gasteiger partial charge in [0.1, 0.15) is 6.33 Å². The van der Waals surface area contributed by atoms with Crippen molar-refractivity contribution in [2.24, 2.45) is 5.92 Å². The molecule has 2 atom stereocenters. The lowest BCUT2D eigenvalue weighted by atomic mass is 9.86. The van der Waals surface area contributed by atoms with E-state index in [1.54, 1.807) is 6.20 Å². The quantitative estimate of drug-likeness (QED) is 0.830. The molecule has 0 aliphatic carbocycles. The molecule has 1 N–H and O–H groups in total. The predicted molar refractivity (Wildman–Crippen MR) is 100.0 cm³/mol. The third-order valence-electron chi connectivity index (χ3n) is 5.86. The van der Waals surface area contributed by atoms with Crippen molar-refractivity contribution < 1.29 is 9.90 Å². The highest BCUT2D eigenvalue weighted by molar-refractivity contribution is 5.94. The molecule has 2 aliphatic rings. The number of aromatic nitrogens is 2. The fourth-order valence-electron chi connectivity index (χ4n) is 4.25. The summed E-state index contributed by atoms with van der Waals surface area (Å²) >= 11 is 0. The predicted octanol–water partition coefficient (Wildman–Crippen LogP) is 0.636. The van der Waals surface area contributed by atoms with Gasteiger partial charge in [0, 0.05) is 58.1 Å². The second-order valence-corrected chi connectivity index (χ2v) is 7.59. The number of carbonyl (C=O) groups is 1. The number of likely N-dealkylation sites (N-methyl/N-ethyl adjacent to an activating group) is 1. The van der Waals surface area contributed by atoms with E-state index in [2.05, 4.69) is 26.8 Å². The van der Waals surface area contributed by atoms with Gasteiger partial charge >= 0.3 is 0 Å². The molecule has 0 spiro atoms. The van der Waals surface area contributed by atoms with Crippen LogP contribution in [0.1, 0.15) is 35.3 Å². The maximum atomic E-state index is 12.9. The Labute approximate surface area is 156 Å². The first-order valence-corrected chi connectivity index (χ1v) is 9.69. The lowest BCUT2D eigenvalue weighted by molar-refractivity contribution is 0.0217. The number of rotatable bonds is 5. The molecule has 7 heteroatoms. The van der Waals surface area contributed by atoms with Crippen LogP contribution in [0.5, 0.6) is 0 Å². The van der Waals surface area contributed by atoms with E-state index in [1.807, 2.05) is 11.8 Å². The van der Waals surface area contributed by atoms with Crippen LogP contribution in [0.15, 0.2) is 12.5 Å². The molecule has 0 aromatic carbocycles. The number of nitrogens with zero attached hydrogens (tertiary/aromatic N) is 5. The standard InChI is InChI=1S/C19H31N5O2/c1-15-17(12-20-14-21-15)19(26)24-6-5-18(16(13-24)4-3-11-25)23-9-7-22(2)8-10-23/h12,14,16,18,25H,3-11,13H2,1-2H3/t16-,18+/m1/s1. The zero-order valence-corrected chi connectivity index (χ0v) is 16.0. The second kappa shape index (κ2) is 8.88. The number of hydrogen-bond donors (Lipinski definition) is 1. The van der Waals surface area contributed by atoms with Crippen LogP contribution in [0.2, 0.25) is 0 Å². The largest absolute Gasteiger partial charge is 0.396 e. The van der Waals surface area contributed by atoms with Crippen LogP contribution >= 0.6 is 0 Å². The molecule has 1 amide bonds. The molecule has 3 heterocycles. The number of hydrogen-bond acceptors (Lipinski definition) is 6.